The van der Waals surface area contributed by atoms with E-state index in [2.05, 4.69) is 27.4 Å². The molecule has 1 aliphatic rings. The number of hydrogen-bond acceptors (Lipinski definition) is 4. The molecule has 0 saturated heterocycles. The highest BCUT2D eigenvalue weighted by Gasteiger charge is 2.23. The summed E-state index contributed by atoms with van der Waals surface area (Å²) in [4.78, 5) is 23.2. The van der Waals surface area contributed by atoms with Crippen molar-refractivity contribution in [2.24, 2.45) is 0 Å². The summed E-state index contributed by atoms with van der Waals surface area (Å²) in [6, 6.07) is 9.96. The average Bonchev–Trinajstić information content (AvgIpc) is 2.52. The Morgan fingerprint density at radius 1 is 1.17 bits per heavy atom. The van der Waals surface area contributed by atoms with Crippen LogP contribution in [0.25, 0.3) is 0 Å². The first kappa shape index (κ1) is 15.5. The van der Waals surface area contributed by atoms with Crippen LogP contribution in [-0.4, -0.2) is 32.9 Å². The maximum Gasteiger partial charge on any atom is 0.272 e. The monoisotopic (exact) mass is 310 g/mol. The summed E-state index contributed by atoms with van der Waals surface area (Å²) in [7, 11) is 0. The minimum absolute atomic E-state index is 0.0427. The van der Waals surface area contributed by atoms with Crippen LogP contribution < -0.4 is 5.32 Å². The van der Waals surface area contributed by atoms with E-state index in [-0.39, 0.29) is 11.4 Å². The Morgan fingerprint density at radius 2 is 1.91 bits per heavy atom. The highest BCUT2D eigenvalue weighted by atomic mass is 16.2. The quantitative estimate of drug-likeness (QED) is 0.926. The van der Waals surface area contributed by atoms with Crippen LogP contribution in [0.3, 0.4) is 0 Å². The lowest BCUT2D eigenvalue weighted by molar-refractivity contribution is 0.0728. The van der Waals surface area contributed by atoms with E-state index in [1.54, 1.807) is 12.3 Å². The molecule has 0 bridgehead atoms. The van der Waals surface area contributed by atoms with Gasteiger partial charge < -0.3 is 10.2 Å². The molecule has 5 nitrogen and oxygen atoms in total. The van der Waals surface area contributed by atoms with Crippen molar-refractivity contribution in [1.82, 2.24) is 14.9 Å². The molecule has 1 aromatic carbocycles. The lowest BCUT2D eigenvalue weighted by Gasteiger charge is -2.28. The molecule has 0 spiro atoms. The van der Waals surface area contributed by atoms with Crippen LogP contribution in [0, 0.1) is 0 Å². The van der Waals surface area contributed by atoms with Gasteiger partial charge in [-0.25, -0.2) is 9.97 Å². The van der Waals surface area contributed by atoms with Gasteiger partial charge >= 0.3 is 0 Å². The zero-order chi connectivity index (χ0) is 16.4. The van der Waals surface area contributed by atoms with E-state index in [1.807, 2.05) is 37.8 Å². The molecule has 0 radical (unpaired) electrons. The second-order valence-electron chi connectivity index (χ2n) is 6.89. The van der Waals surface area contributed by atoms with Gasteiger partial charge in [-0.05, 0) is 44.4 Å². The normalized spacial score (nSPS) is 14.3. The molecule has 0 unspecified atom stereocenters. The third kappa shape index (κ3) is 3.67. The Bertz CT molecular complexity index is 721. The number of hydrogen-bond donors (Lipinski definition) is 1. The first-order chi connectivity index (χ1) is 10.9. The smallest absolute Gasteiger partial charge is 0.272 e. The highest BCUT2D eigenvalue weighted by Crippen LogP contribution is 2.20. The van der Waals surface area contributed by atoms with Crippen molar-refractivity contribution in [3.8, 4) is 0 Å². The van der Waals surface area contributed by atoms with E-state index in [0.717, 1.165) is 13.0 Å². The molecule has 1 aromatic heterocycles. The van der Waals surface area contributed by atoms with Crippen molar-refractivity contribution in [3.63, 3.8) is 0 Å². The molecular formula is C18H22N4O. The van der Waals surface area contributed by atoms with Gasteiger partial charge in [0.05, 0.1) is 0 Å². The molecule has 1 amide bonds. The largest absolute Gasteiger partial charge is 0.350 e. The number of fused-ring (bicyclic) bond motifs is 1. The van der Waals surface area contributed by atoms with E-state index in [1.165, 1.54) is 11.1 Å². The SMILES string of the molecule is CC(C)(C)Nc1nccc(C(=O)N2CCc3ccccc3C2)n1. The summed E-state index contributed by atoms with van der Waals surface area (Å²) in [5.74, 6) is 0.444. The molecule has 2 aromatic rings. The van der Waals surface area contributed by atoms with E-state index in [9.17, 15) is 4.79 Å². The molecule has 0 atom stereocenters. The first-order valence-corrected chi connectivity index (χ1v) is 7.90. The van der Waals surface area contributed by atoms with Gasteiger partial charge in [-0.2, -0.15) is 0 Å². The number of rotatable bonds is 2. The van der Waals surface area contributed by atoms with Gasteiger partial charge in [0.1, 0.15) is 5.69 Å². The van der Waals surface area contributed by atoms with Crippen molar-refractivity contribution in [2.75, 3.05) is 11.9 Å². The van der Waals surface area contributed by atoms with E-state index >= 15 is 0 Å². The minimum atomic E-state index is -0.147. The molecule has 1 aliphatic heterocycles. The molecule has 120 valence electrons. The Kier molecular flexibility index (Phi) is 4.03. The van der Waals surface area contributed by atoms with Crippen LogP contribution in [0.2, 0.25) is 0 Å². The maximum atomic E-state index is 12.7. The fourth-order valence-corrected chi connectivity index (χ4v) is 2.70. The molecule has 23 heavy (non-hydrogen) atoms. The van der Waals surface area contributed by atoms with Gasteiger partial charge in [0.15, 0.2) is 0 Å². The minimum Gasteiger partial charge on any atom is -0.350 e. The molecule has 3 rings (SSSR count). The van der Waals surface area contributed by atoms with Gasteiger partial charge in [-0.15, -0.1) is 0 Å². The number of anilines is 1. The summed E-state index contributed by atoms with van der Waals surface area (Å²) in [6.07, 6.45) is 2.52. The fourth-order valence-electron chi connectivity index (χ4n) is 2.70. The van der Waals surface area contributed by atoms with Crippen LogP contribution in [0.1, 0.15) is 42.4 Å². The summed E-state index contributed by atoms with van der Waals surface area (Å²) in [6.45, 7) is 7.47. The highest BCUT2D eigenvalue weighted by molar-refractivity contribution is 5.92. The van der Waals surface area contributed by atoms with Crippen molar-refractivity contribution in [2.45, 2.75) is 39.3 Å². The molecule has 2 heterocycles. The topological polar surface area (TPSA) is 58.1 Å². The van der Waals surface area contributed by atoms with Crippen molar-refractivity contribution in [3.05, 3.63) is 53.3 Å². The zero-order valence-corrected chi connectivity index (χ0v) is 13.8. The number of aromatic nitrogens is 2. The van der Waals surface area contributed by atoms with Crippen molar-refractivity contribution in [1.29, 1.82) is 0 Å². The third-order valence-electron chi connectivity index (χ3n) is 3.78. The second kappa shape index (κ2) is 5.99. The number of carbonyl (C=O) groups excluding carboxylic acids is 1. The van der Waals surface area contributed by atoms with Crippen LogP contribution in [0.4, 0.5) is 5.95 Å². The molecular weight excluding hydrogens is 288 g/mol. The predicted molar refractivity (Wildman–Crippen MR) is 90.3 cm³/mol. The molecule has 1 N–H and O–H groups in total. The Labute approximate surface area is 136 Å². The number of amides is 1. The maximum absolute atomic E-state index is 12.7. The van der Waals surface area contributed by atoms with Crippen LogP contribution in [-0.2, 0) is 13.0 Å². The third-order valence-corrected chi connectivity index (χ3v) is 3.78. The average molecular weight is 310 g/mol. The first-order valence-electron chi connectivity index (χ1n) is 7.90. The number of nitrogens with zero attached hydrogens (tertiary/aromatic N) is 3. The summed E-state index contributed by atoms with van der Waals surface area (Å²) >= 11 is 0. The van der Waals surface area contributed by atoms with E-state index in [4.69, 9.17) is 0 Å². The van der Waals surface area contributed by atoms with E-state index in [0.29, 0.717) is 18.2 Å². The lowest BCUT2D eigenvalue weighted by atomic mass is 10.00. The number of carbonyl (C=O) groups is 1. The molecule has 0 fully saturated rings. The van der Waals surface area contributed by atoms with Gasteiger partial charge in [0.2, 0.25) is 5.95 Å². The van der Waals surface area contributed by atoms with Crippen LogP contribution >= 0.6 is 0 Å². The summed E-state index contributed by atoms with van der Waals surface area (Å²) in [5, 5.41) is 3.20. The van der Waals surface area contributed by atoms with Gasteiger partial charge in [0, 0.05) is 24.8 Å². The summed E-state index contributed by atoms with van der Waals surface area (Å²) in [5.41, 5.74) is 2.83. The van der Waals surface area contributed by atoms with Gasteiger partial charge in [-0.1, -0.05) is 24.3 Å². The van der Waals surface area contributed by atoms with Gasteiger partial charge in [0.25, 0.3) is 5.91 Å². The molecule has 0 aliphatic carbocycles. The fraction of sp³-hybridized carbons (Fsp3) is 0.389. The zero-order valence-electron chi connectivity index (χ0n) is 13.8. The Hall–Kier alpha value is -2.43. The lowest BCUT2D eigenvalue weighted by Crippen LogP contribution is -2.36. The van der Waals surface area contributed by atoms with Crippen molar-refractivity contribution >= 4 is 11.9 Å². The van der Waals surface area contributed by atoms with Gasteiger partial charge in [-0.3, -0.25) is 4.79 Å². The Morgan fingerprint density at radius 3 is 2.65 bits per heavy atom. The van der Waals surface area contributed by atoms with E-state index < -0.39 is 0 Å². The number of nitrogens with one attached hydrogen (secondary N) is 1. The Balaban J connectivity index is 1.78. The van der Waals surface area contributed by atoms with Crippen molar-refractivity contribution < 1.29 is 4.79 Å². The predicted octanol–water partition coefficient (Wildman–Crippen LogP) is 2.89. The molecule has 0 saturated carbocycles. The number of benzene rings is 1. The standard InChI is InChI=1S/C18H22N4O/c1-18(2,3)21-17-19-10-8-15(20-17)16(23)22-11-9-13-6-4-5-7-14(13)12-22/h4-8,10H,9,11-12H2,1-3H3,(H,19,20,21). The second-order valence-corrected chi connectivity index (χ2v) is 6.89. The van der Waals surface area contributed by atoms with Crippen LogP contribution in [0.5, 0.6) is 0 Å². The van der Waals surface area contributed by atoms with Crippen LogP contribution in [0.15, 0.2) is 36.5 Å². The molecule has 5 heteroatoms. The summed E-state index contributed by atoms with van der Waals surface area (Å²) < 4.78 is 0.